The van der Waals surface area contributed by atoms with E-state index in [1.807, 2.05) is 11.0 Å². The number of hydrogen-bond donors (Lipinski definition) is 3. The minimum atomic E-state index is -0.836. The Hall–Kier alpha value is -3.64. The number of nitrogens with one attached hydrogen (secondary N) is 1. The Labute approximate surface area is 253 Å². The van der Waals surface area contributed by atoms with E-state index in [4.69, 9.17) is 14.5 Å². The number of halogens is 2. The second-order valence-corrected chi connectivity index (χ2v) is 12.8. The maximum absolute atomic E-state index is 16.7. The molecule has 0 unspecified atom stereocenters. The van der Waals surface area contributed by atoms with Crippen LogP contribution in [0.1, 0.15) is 19.3 Å². The van der Waals surface area contributed by atoms with Crippen molar-refractivity contribution in [2.75, 3.05) is 57.4 Å². The molecule has 2 bridgehead atoms. The lowest BCUT2D eigenvalue weighted by Crippen LogP contribution is -2.53. The Morgan fingerprint density at radius 2 is 1.86 bits per heavy atom. The van der Waals surface area contributed by atoms with E-state index in [0.717, 1.165) is 45.7 Å². The highest BCUT2D eigenvalue weighted by Crippen LogP contribution is 2.47. The van der Waals surface area contributed by atoms with Crippen LogP contribution in [-0.4, -0.2) is 95.8 Å². The molecule has 0 radical (unpaired) electrons. The largest absolute Gasteiger partial charge is 0.508 e. The molecule has 4 fully saturated rings. The first-order valence-corrected chi connectivity index (χ1v) is 15.4. The molecule has 4 aliphatic rings. The van der Waals surface area contributed by atoms with Crippen molar-refractivity contribution >= 4 is 27.5 Å². The van der Waals surface area contributed by atoms with Crippen molar-refractivity contribution < 1.29 is 28.5 Å². The fourth-order valence-electron chi connectivity index (χ4n) is 7.18. The number of anilines is 1. The van der Waals surface area contributed by atoms with E-state index in [1.165, 1.54) is 12.1 Å². The standard InChI is InChI=1S/C33H35F2N5O4/c34-25-14-24-30(29(35)28(25)23-13-21(41)11-19-3-1-2-4-22(19)23)37-32(38-31(24)40-15-20-12-27(42)26(16-40)36-20)44-18-33(5-6-33)17-39-7-9-43-10-8-39/h1-4,11,13-14,20,26-27,36,41-42H,5-10,12,15-18H2/t20-,26-,27+/m0/s1. The van der Waals surface area contributed by atoms with Crippen LogP contribution in [0.15, 0.2) is 42.5 Å². The van der Waals surface area contributed by atoms with Gasteiger partial charge in [-0.1, -0.05) is 24.3 Å². The average Bonchev–Trinajstić information content (AvgIpc) is 3.73. The summed E-state index contributed by atoms with van der Waals surface area (Å²) in [6.45, 7) is 5.48. The third-order valence-corrected chi connectivity index (χ3v) is 9.68. The highest BCUT2D eigenvalue weighted by atomic mass is 19.1. The van der Waals surface area contributed by atoms with Gasteiger partial charge in [0.15, 0.2) is 5.82 Å². The van der Waals surface area contributed by atoms with E-state index in [1.54, 1.807) is 24.3 Å². The Balaban J connectivity index is 1.21. The number of ether oxygens (including phenoxy) is 2. The predicted molar refractivity (Wildman–Crippen MR) is 162 cm³/mol. The molecule has 3 atom stereocenters. The van der Waals surface area contributed by atoms with Gasteiger partial charge in [-0.2, -0.15) is 9.97 Å². The Bertz CT molecular complexity index is 1740. The molecule has 0 spiro atoms. The second-order valence-electron chi connectivity index (χ2n) is 12.8. The Kier molecular flexibility index (Phi) is 6.82. The third kappa shape index (κ3) is 5.01. The van der Waals surface area contributed by atoms with Crippen LogP contribution in [0.5, 0.6) is 11.8 Å². The number of aromatic nitrogens is 2. The first kappa shape index (κ1) is 27.9. The van der Waals surface area contributed by atoms with Crippen molar-refractivity contribution in [3.8, 4) is 22.9 Å². The molecule has 4 aromatic rings. The van der Waals surface area contributed by atoms with Crippen LogP contribution in [-0.2, 0) is 4.74 Å². The van der Waals surface area contributed by atoms with Crippen LogP contribution >= 0.6 is 0 Å². The SMILES string of the molecule is Oc1cc(-c2c(F)cc3c(N4C[C@@H]5C[C@@H](O)[C@H](C4)N5)nc(OCC4(CN5CCOCC5)CC4)nc3c2F)c2ccccc2c1. The number of aliphatic hydroxyl groups excluding tert-OH is 1. The number of hydrogen-bond acceptors (Lipinski definition) is 9. The number of piperazine rings is 1. The lowest BCUT2D eigenvalue weighted by Gasteiger charge is -2.34. The van der Waals surface area contributed by atoms with Crippen molar-refractivity contribution in [2.24, 2.45) is 5.41 Å². The fraction of sp³-hybridized carbons (Fsp3) is 0.455. The van der Waals surface area contributed by atoms with E-state index in [0.29, 0.717) is 42.7 Å². The molecule has 1 aromatic heterocycles. The van der Waals surface area contributed by atoms with Gasteiger partial charge in [0.05, 0.1) is 37.5 Å². The van der Waals surface area contributed by atoms with Crippen LogP contribution < -0.4 is 15.0 Å². The van der Waals surface area contributed by atoms with Gasteiger partial charge < -0.3 is 29.9 Å². The maximum Gasteiger partial charge on any atom is 0.319 e. The predicted octanol–water partition coefficient (Wildman–Crippen LogP) is 3.84. The van der Waals surface area contributed by atoms with Gasteiger partial charge >= 0.3 is 6.01 Å². The molecule has 8 rings (SSSR count). The second kappa shape index (κ2) is 10.8. The molecule has 3 N–H and O–H groups in total. The summed E-state index contributed by atoms with van der Waals surface area (Å²) in [4.78, 5) is 13.7. The summed E-state index contributed by atoms with van der Waals surface area (Å²) in [5.74, 6) is -1.31. The zero-order valence-electron chi connectivity index (χ0n) is 24.3. The minimum absolute atomic E-state index is 0.0128. The molecule has 9 nitrogen and oxygen atoms in total. The van der Waals surface area contributed by atoms with Gasteiger partial charge in [0.1, 0.15) is 22.9 Å². The van der Waals surface area contributed by atoms with E-state index >= 15 is 8.78 Å². The zero-order chi connectivity index (χ0) is 30.0. The molecule has 44 heavy (non-hydrogen) atoms. The van der Waals surface area contributed by atoms with Crippen LogP contribution in [0.4, 0.5) is 14.6 Å². The van der Waals surface area contributed by atoms with Crippen LogP contribution in [0.25, 0.3) is 32.8 Å². The molecule has 0 amide bonds. The van der Waals surface area contributed by atoms with Crippen LogP contribution in [0, 0.1) is 17.0 Å². The highest BCUT2D eigenvalue weighted by Gasteiger charge is 2.45. The highest BCUT2D eigenvalue weighted by molar-refractivity contribution is 6.01. The van der Waals surface area contributed by atoms with E-state index < -0.39 is 17.7 Å². The summed E-state index contributed by atoms with van der Waals surface area (Å²) in [6, 6.07) is 11.3. The van der Waals surface area contributed by atoms with Gasteiger partial charge in [-0.15, -0.1) is 0 Å². The number of rotatable bonds is 7. The number of aromatic hydroxyl groups is 1. The molecule has 230 valence electrons. The molecular weight excluding hydrogens is 568 g/mol. The summed E-state index contributed by atoms with van der Waals surface area (Å²) in [7, 11) is 0. The molecule has 3 saturated heterocycles. The van der Waals surface area contributed by atoms with Crippen molar-refractivity contribution in [3.05, 3.63) is 54.1 Å². The summed E-state index contributed by atoms with van der Waals surface area (Å²) >= 11 is 0. The molecular formula is C33H35F2N5O4. The van der Waals surface area contributed by atoms with Crippen LogP contribution in [0.3, 0.4) is 0 Å². The van der Waals surface area contributed by atoms with E-state index in [9.17, 15) is 10.2 Å². The molecule has 1 saturated carbocycles. The number of fused-ring (bicyclic) bond motifs is 4. The van der Waals surface area contributed by atoms with Gasteiger partial charge in [-0.3, -0.25) is 4.90 Å². The maximum atomic E-state index is 16.7. The molecule has 1 aliphatic carbocycles. The molecule has 3 aromatic carbocycles. The number of aliphatic hydroxyl groups is 1. The van der Waals surface area contributed by atoms with Gasteiger partial charge in [0.2, 0.25) is 0 Å². The van der Waals surface area contributed by atoms with Gasteiger partial charge in [0, 0.05) is 49.6 Å². The lowest BCUT2D eigenvalue weighted by atomic mass is 9.95. The van der Waals surface area contributed by atoms with Crippen molar-refractivity contribution in [3.63, 3.8) is 0 Å². The number of phenolic OH excluding ortho intramolecular Hbond substituents is 1. The van der Waals surface area contributed by atoms with Gasteiger partial charge in [-0.05, 0) is 53.8 Å². The number of benzene rings is 3. The van der Waals surface area contributed by atoms with Crippen LogP contribution in [0.2, 0.25) is 0 Å². The normalized spacial score (nSPS) is 24.7. The van der Waals surface area contributed by atoms with E-state index in [-0.39, 0.29) is 51.3 Å². The summed E-state index contributed by atoms with van der Waals surface area (Å²) in [5.41, 5.74) is -0.0766. The Morgan fingerprint density at radius 3 is 2.66 bits per heavy atom. The zero-order valence-corrected chi connectivity index (χ0v) is 24.3. The molecule has 3 aliphatic heterocycles. The fourth-order valence-corrected chi connectivity index (χ4v) is 7.18. The smallest absolute Gasteiger partial charge is 0.319 e. The summed E-state index contributed by atoms with van der Waals surface area (Å²) in [6.07, 6.45) is 2.16. The molecule has 4 heterocycles. The van der Waals surface area contributed by atoms with Crippen molar-refractivity contribution in [1.29, 1.82) is 0 Å². The quantitative estimate of drug-likeness (QED) is 0.291. The first-order chi connectivity index (χ1) is 21.4. The average molecular weight is 604 g/mol. The summed E-state index contributed by atoms with van der Waals surface area (Å²) in [5, 5.41) is 25.9. The van der Waals surface area contributed by atoms with E-state index in [2.05, 4.69) is 15.2 Å². The molecule has 11 heteroatoms. The van der Waals surface area contributed by atoms with Gasteiger partial charge in [0.25, 0.3) is 0 Å². The Morgan fingerprint density at radius 1 is 1.05 bits per heavy atom. The lowest BCUT2D eigenvalue weighted by molar-refractivity contribution is 0.0231. The topological polar surface area (TPSA) is 103 Å². The number of nitrogens with zero attached hydrogens (tertiary/aromatic N) is 4. The van der Waals surface area contributed by atoms with Gasteiger partial charge in [-0.25, -0.2) is 8.78 Å². The third-order valence-electron chi connectivity index (χ3n) is 9.68. The first-order valence-electron chi connectivity index (χ1n) is 15.4. The minimum Gasteiger partial charge on any atom is -0.508 e. The number of phenols is 1. The van der Waals surface area contributed by atoms with Crippen molar-refractivity contribution in [1.82, 2.24) is 20.2 Å². The van der Waals surface area contributed by atoms with Crippen molar-refractivity contribution in [2.45, 2.75) is 37.5 Å². The monoisotopic (exact) mass is 603 g/mol. The summed E-state index contributed by atoms with van der Waals surface area (Å²) < 4.78 is 44.5. The number of morpholine rings is 1.